The lowest BCUT2D eigenvalue weighted by molar-refractivity contribution is -0.167. The molecule has 0 spiro atoms. The maximum Gasteiger partial charge on any atom is 0.306 e. The molecule has 0 saturated heterocycles. The second-order valence-electron chi connectivity index (χ2n) is 18.2. The molecule has 6 nitrogen and oxygen atoms in total. The highest BCUT2D eigenvalue weighted by molar-refractivity contribution is 5.71. The Balaban J connectivity index is 4.12. The van der Waals surface area contributed by atoms with Crippen LogP contribution in [0.3, 0.4) is 0 Å². The maximum atomic E-state index is 12.7. The van der Waals surface area contributed by atoms with Gasteiger partial charge in [0.15, 0.2) is 6.10 Å². The lowest BCUT2D eigenvalue weighted by Crippen LogP contribution is -2.30. The van der Waals surface area contributed by atoms with Crippen LogP contribution in [0.1, 0.15) is 279 Å². The first-order valence-corrected chi connectivity index (χ1v) is 25.3. The van der Waals surface area contributed by atoms with Crippen molar-refractivity contribution in [1.29, 1.82) is 0 Å². The zero-order chi connectivity index (χ0) is 41.9. The number of unbranched alkanes of at least 4 members (excludes halogenated alkanes) is 29. The van der Waals surface area contributed by atoms with E-state index in [1.807, 2.05) is 0 Å². The molecule has 338 valence electrons. The molecule has 0 aliphatic carbocycles. The van der Waals surface area contributed by atoms with Crippen LogP contribution in [0, 0.1) is 11.8 Å². The summed E-state index contributed by atoms with van der Waals surface area (Å²) in [6, 6.07) is 0. The second-order valence-corrected chi connectivity index (χ2v) is 18.2. The summed E-state index contributed by atoms with van der Waals surface area (Å²) in [5.41, 5.74) is 0. The van der Waals surface area contributed by atoms with E-state index < -0.39 is 6.10 Å². The minimum Gasteiger partial charge on any atom is -0.462 e. The minimum atomic E-state index is -0.759. The molecule has 0 saturated carbocycles. The normalized spacial score (nSPS) is 12.5. The average Bonchev–Trinajstić information content (AvgIpc) is 3.19. The first kappa shape index (κ1) is 55.4. The molecule has 2 atom stereocenters. The topological polar surface area (TPSA) is 78.9 Å². The van der Waals surface area contributed by atoms with E-state index in [0.29, 0.717) is 19.3 Å². The smallest absolute Gasteiger partial charge is 0.306 e. The van der Waals surface area contributed by atoms with Gasteiger partial charge in [-0.1, -0.05) is 240 Å². The molecule has 0 fully saturated rings. The standard InChI is InChI=1S/C51H98O6/c1-6-8-9-29-36-41-49(52)55-44-48(45-56-50(53)42-37-32-27-23-19-16-12-13-17-21-25-30-34-39-46(3)4)57-51(54)43-38-33-28-24-20-15-11-10-14-18-22-26-31-35-40-47(5)7-2/h46-48H,6-45H2,1-5H3/t47?,48-/m0/s1. The zero-order valence-electron chi connectivity index (χ0n) is 39.0. The lowest BCUT2D eigenvalue weighted by atomic mass is 9.99. The predicted octanol–water partition coefficient (Wildman–Crippen LogP) is 16.1. The van der Waals surface area contributed by atoms with Gasteiger partial charge in [0.25, 0.3) is 0 Å². The van der Waals surface area contributed by atoms with E-state index in [1.165, 1.54) is 161 Å². The number of carbonyl (C=O) groups excluding carboxylic acids is 3. The van der Waals surface area contributed by atoms with E-state index in [9.17, 15) is 14.4 Å². The lowest BCUT2D eigenvalue weighted by Gasteiger charge is -2.18. The molecule has 0 aromatic heterocycles. The Kier molecular flexibility index (Phi) is 42.7. The molecule has 0 bridgehead atoms. The van der Waals surface area contributed by atoms with Gasteiger partial charge in [-0.15, -0.1) is 0 Å². The van der Waals surface area contributed by atoms with Crippen LogP contribution < -0.4 is 0 Å². The maximum absolute atomic E-state index is 12.7. The van der Waals surface area contributed by atoms with E-state index in [2.05, 4.69) is 34.6 Å². The van der Waals surface area contributed by atoms with Crippen molar-refractivity contribution >= 4 is 17.9 Å². The SMILES string of the molecule is CCCCCCCC(=O)OC[C@@H](COC(=O)CCCCCCCCCCCCCCCC(C)C)OC(=O)CCCCCCCCCCCCCCCCC(C)CC. The first-order valence-electron chi connectivity index (χ1n) is 25.3. The average molecular weight is 807 g/mol. The molecule has 0 aromatic rings. The number of carbonyl (C=O) groups is 3. The van der Waals surface area contributed by atoms with Crippen LogP contribution in [-0.2, 0) is 28.6 Å². The van der Waals surface area contributed by atoms with Gasteiger partial charge in [-0.05, 0) is 31.1 Å². The van der Waals surface area contributed by atoms with Crippen molar-refractivity contribution < 1.29 is 28.6 Å². The fraction of sp³-hybridized carbons (Fsp3) is 0.941. The Morgan fingerprint density at radius 1 is 0.368 bits per heavy atom. The summed E-state index contributed by atoms with van der Waals surface area (Å²) < 4.78 is 16.7. The van der Waals surface area contributed by atoms with Crippen molar-refractivity contribution in [1.82, 2.24) is 0 Å². The molecule has 0 aliphatic heterocycles. The number of ether oxygens (including phenoxy) is 3. The van der Waals surface area contributed by atoms with E-state index in [0.717, 1.165) is 76.0 Å². The monoisotopic (exact) mass is 807 g/mol. The van der Waals surface area contributed by atoms with Crippen LogP contribution in [0.15, 0.2) is 0 Å². The quantitative estimate of drug-likeness (QED) is 0.0346. The third kappa shape index (κ3) is 43.8. The molecule has 0 radical (unpaired) electrons. The van der Waals surface area contributed by atoms with Gasteiger partial charge < -0.3 is 14.2 Å². The van der Waals surface area contributed by atoms with Gasteiger partial charge in [0.1, 0.15) is 13.2 Å². The largest absolute Gasteiger partial charge is 0.462 e. The number of hydrogen-bond acceptors (Lipinski definition) is 6. The molecule has 0 rings (SSSR count). The molecule has 6 heteroatoms. The first-order chi connectivity index (χ1) is 27.8. The third-order valence-electron chi connectivity index (χ3n) is 11.8. The molecule has 57 heavy (non-hydrogen) atoms. The summed E-state index contributed by atoms with van der Waals surface area (Å²) in [5, 5.41) is 0. The summed E-state index contributed by atoms with van der Waals surface area (Å²) >= 11 is 0. The Bertz CT molecular complexity index is 872. The number of hydrogen-bond donors (Lipinski definition) is 0. The highest BCUT2D eigenvalue weighted by atomic mass is 16.6. The fourth-order valence-electron chi connectivity index (χ4n) is 7.60. The Hall–Kier alpha value is -1.59. The summed E-state index contributed by atoms with van der Waals surface area (Å²) in [4.78, 5) is 37.6. The molecule has 0 aromatic carbocycles. The zero-order valence-corrected chi connectivity index (χ0v) is 39.0. The van der Waals surface area contributed by atoms with Crippen molar-refractivity contribution in [3.8, 4) is 0 Å². The van der Waals surface area contributed by atoms with Crippen LogP contribution in [-0.4, -0.2) is 37.2 Å². The van der Waals surface area contributed by atoms with Gasteiger partial charge in [0, 0.05) is 19.3 Å². The van der Waals surface area contributed by atoms with Gasteiger partial charge in [0.05, 0.1) is 0 Å². The van der Waals surface area contributed by atoms with E-state index >= 15 is 0 Å². The van der Waals surface area contributed by atoms with Crippen molar-refractivity contribution in [3.05, 3.63) is 0 Å². The van der Waals surface area contributed by atoms with Crippen LogP contribution in [0.4, 0.5) is 0 Å². The van der Waals surface area contributed by atoms with Crippen molar-refractivity contribution in [2.75, 3.05) is 13.2 Å². The van der Waals surface area contributed by atoms with Crippen LogP contribution in [0.25, 0.3) is 0 Å². The number of rotatable bonds is 45. The van der Waals surface area contributed by atoms with Crippen molar-refractivity contribution in [3.63, 3.8) is 0 Å². The van der Waals surface area contributed by atoms with Gasteiger partial charge >= 0.3 is 17.9 Å². The molecule has 0 amide bonds. The van der Waals surface area contributed by atoms with Gasteiger partial charge in [0.2, 0.25) is 0 Å². The van der Waals surface area contributed by atoms with Crippen molar-refractivity contribution in [2.24, 2.45) is 11.8 Å². The molecule has 1 unspecified atom stereocenters. The Labute approximate surface area is 355 Å². The molecular formula is C51H98O6. The molecule has 0 N–H and O–H groups in total. The molecule has 0 aliphatic rings. The van der Waals surface area contributed by atoms with Gasteiger partial charge in [-0.25, -0.2) is 0 Å². The predicted molar refractivity (Wildman–Crippen MR) is 243 cm³/mol. The minimum absolute atomic E-state index is 0.0648. The molecular weight excluding hydrogens is 709 g/mol. The summed E-state index contributed by atoms with van der Waals surface area (Å²) in [6.07, 6.45) is 44.0. The Morgan fingerprint density at radius 2 is 0.667 bits per heavy atom. The highest BCUT2D eigenvalue weighted by Crippen LogP contribution is 2.18. The van der Waals surface area contributed by atoms with Crippen LogP contribution >= 0.6 is 0 Å². The van der Waals surface area contributed by atoms with E-state index in [1.54, 1.807) is 0 Å². The number of esters is 3. The van der Waals surface area contributed by atoms with E-state index in [4.69, 9.17) is 14.2 Å². The highest BCUT2D eigenvalue weighted by Gasteiger charge is 2.19. The van der Waals surface area contributed by atoms with Crippen molar-refractivity contribution in [2.45, 2.75) is 285 Å². The molecule has 0 heterocycles. The summed E-state index contributed by atoms with van der Waals surface area (Å²) in [7, 11) is 0. The Morgan fingerprint density at radius 3 is 1.00 bits per heavy atom. The van der Waals surface area contributed by atoms with E-state index in [-0.39, 0.29) is 31.1 Å². The third-order valence-corrected chi connectivity index (χ3v) is 11.8. The van der Waals surface area contributed by atoms with Gasteiger partial charge in [-0.3, -0.25) is 14.4 Å². The fourth-order valence-corrected chi connectivity index (χ4v) is 7.60. The van der Waals surface area contributed by atoms with Crippen LogP contribution in [0.5, 0.6) is 0 Å². The van der Waals surface area contributed by atoms with Gasteiger partial charge in [-0.2, -0.15) is 0 Å². The second kappa shape index (κ2) is 44.0. The summed E-state index contributed by atoms with van der Waals surface area (Å²) in [5.74, 6) is 0.871. The van der Waals surface area contributed by atoms with Crippen LogP contribution in [0.2, 0.25) is 0 Å². The summed E-state index contributed by atoms with van der Waals surface area (Å²) in [6.45, 7) is 11.3.